The molecule has 16 heavy (non-hydrogen) atoms. The minimum Gasteiger partial charge on any atom is -0.324 e. The van der Waals surface area contributed by atoms with E-state index in [4.69, 9.17) is 4.55 Å². The van der Waals surface area contributed by atoms with E-state index in [1.807, 2.05) is 30.3 Å². The number of rotatable bonds is 3. The Kier molecular flexibility index (Phi) is 2.63. The monoisotopic (exact) mass is 240 g/mol. The lowest BCUT2D eigenvalue weighted by atomic mass is 10.2. The molecule has 6 nitrogen and oxygen atoms in total. The van der Waals surface area contributed by atoms with Crippen molar-refractivity contribution in [1.82, 2.24) is 9.97 Å². The molecule has 2 N–H and O–H groups in total. The predicted molar refractivity (Wildman–Crippen MR) is 56.2 cm³/mol. The second-order valence-corrected chi connectivity index (χ2v) is 4.00. The van der Waals surface area contributed by atoms with Gasteiger partial charge in [0, 0.05) is 0 Å². The summed E-state index contributed by atoms with van der Waals surface area (Å²) in [6.07, 6.45) is 1.41. The summed E-state index contributed by atoms with van der Waals surface area (Å²) in [5.74, 6) is 0. The fourth-order valence-corrected chi connectivity index (χ4v) is 1.49. The second kappa shape index (κ2) is 3.95. The average molecular weight is 240 g/mol. The third-order valence-electron chi connectivity index (χ3n) is 1.82. The molecule has 0 saturated carbocycles. The van der Waals surface area contributed by atoms with Crippen LogP contribution in [0.5, 0.6) is 6.01 Å². The molecule has 7 heteroatoms. The first-order valence-corrected chi connectivity index (χ1v) is 5.68. The van der Waals surface area contributed by atoms with Crippen LogP contribution in [0.15, 0.2) is 36.5 Å². The summed E-state index contributed by atoms with van der Waals surface area (Å²) in [5.41, 5.74) is 1.43. The van der Waals surface area contributed by atoms with Crippen molar-refractivity contribution in [1.29, 1.82) is 0 Å². The summed E-state index contributed by atoms with van der Waals surface area (Å²) in [7, 11) is -4.54. The first-order chi connectivity index (χ1) is 7.54. The highest BCUT2D eigenvalue weighted by molar-refractivity contribution is 7.81. The molecule has 0 aliphatic carbocycles. The lowest BCUT2D eigenvalue weighted by molar-refractivity contribution is 0.376. The summed E-state index contributed by atoms with van der Waals surface area (Å²) >= 11 is 0. The number of imidazole rings is 1. The van der Waals surface area contributed by atoms with Gasteiger partial charge < -0.3 is 9.17 Å². The van der Waals surface area contributed by atoms with Crippen molar-refractivity contribution in [3.8, 4) is 17.3 Å². The van der Waals surface area contributed by atoms with Crippen LogP contribution in [0.1, 0.15) is 0 Å². The molecule has 0 saturated heterocycles. The van der Waals surface area contributed by atoms with Gasteiger partial charge in [-0.3, -0.25) is 4.55 Å². The number of H-pyrrole nitrogens is 1. The number of aromatic nitrogens is 2. The van der Waals surface area contributed by atoms with Crippen LogP contribution in [0.25, 0.3) is 11.3 Å². The van der Waals surface area contributed by atoms with Crippen molar-refractivity contribution in [2.45, 2.75) is 0 Å². The Bertz CT molecular complexity index is 577. The number of nitrogens with zero attached hydrogens (tertiary/aromatic N) is 1. The highest BCUT2D eigenvalue weighted by atomic mass is 32.3. The van der Waals surface area contributed by atoms with Gasteiger partial charge >= 0.3 is 16.4 Å². The van der Waals surface area contributed by atoms with Crippen LogP contribution in [0.4, 0.5) is 0 Å². The Morgan fingerprint density at radius 2 is 1.94 bits per heavy atom. The first kappa shape index (κ1) is 10.7. The molecule has 0 aliphatic rings. The van der Waals surface area contributed by atoms with Gasteiger partial charge in [0.1, 0.15) is 0 Å². The van der Waals surface area contributed by atoms with E-state index < -0.39 is 10.4 Å². The Hall–Kier alpha value is -1.86. The molecule has 0 atom stereocenters. The fourth-order valence-electron chi connectivity index (χ4n) is 1.21. The molecule has 0 fully saturated rings. The second-order valence-electron chi connectivity index (χ2n) is 2.98. The Morgan fingerprint density at radius 1 is 1.25 bits per heavy atom. The normalized spacial score (nSPS) is 11.3. The van der Waals surface area contributed by atoms with E-state index in [0.717, 1.165) is 5.56 Å². The fraction of sp³-hybridized carbons (Fsp3) is 0. The molecule has 0 unspecified atom stereocenters. The topological polar surface area (TPSA) is 92.3 Å². The molecule has 0 amide bonds. The van der Waals surface area contributed by atoms with Crippen LogP contribution >= 0.6 is 0 Å². The maximum Gasteiger partial charge on any atom is 0.449 e. The van der Waals surface area contributed by atoms with Gasteiger partial charge in [-0.1, -0.05) is 30.3 Å². The van der Waals surface area contributed by atoms with E-state index in [9.17, 15) is 8.42 Å². The zero-order chi connectivity index (χ0) is 11.6. The van der Waals surface area contributed by atoms with Crippen molar-refractivity contribution in [2.75, 3.05) is 0 Å². The largest absolute Gasteiger partial charge is 0.449 e. The SMILES string of the molecule is O=S(=O)(O)Oc1ncc(-c2ccccc2)[nH]1. The molecule has 1 aromatic carbocycles. The summed E-state index contributed by atoms with van der Waals surface area (Å²) in [5, 5.41) is 0. The zero-order valence-electron chi connectivity index (χ0n) is 7.99. The number of hydrogen-bond acceptors (Lipinski definition) is 4. The predicted octanol–water partition coefficient (Wildman–Crippen LogP) is 1.26. The molecule has 0 spiro atoms. The summed E-state index contributed by atoms with van der Waals surface area (Å²) < 4.78 is 33.4. The van der Waals surface area contributed by atoms with E-state index >= 15 is 0 Å². The van der Waals surface area contributed by atoms with E-state index in [0.29, 0.717) is 5.69 Å². The highest BCUT2D eigenvalue weighted by Gasteiger charge is 2.10. The van der Waals surface area contributed by atoms with Crippen LogP contribution in [-0.2, 0) is 10.4 Å². The highest BCUT2D eigenvalue weighted by Crippen LogP contribution is 2.19. The Balaban J connectivity index is 2.27. The van der Waals surface area contributed by atoms with E-state index in [1.165, 1.54) is 6.20 Å². The van der Waals surface area contributed by atoms with Gasteiger partial charge in [0.15, 0.2) is 0 Å². The van der Waals surface area contributed by atoms with E-state index in [1.54, 1.807) is 0 Å². The van der Waals surface area contributed by atoms with Gasteiger partial charge in [0.25, 0.3) is 0 Å². The third kappa shape index (κ3) is 2.59. The number of hydrogen-bond donors (Lipinski definition) is 2. The van der Waals surface area contributed by atoms with Crippen LogP contribution in [0, 0.1) is 0 Å². The van der Waals surface area contributed by atoms with Crippen molar-refractivity contribution in [3.63, 3.8) is 0 Å². The smallest absolute Gasteiger partial charge is 0.324 e. The molecular weight excluding hydrogens is 232 g/mol. The summed E-state index contributed by atoms with van der Waals surface area (Å²) in [4.78, 5) is 6.27. The van der Waals surface area contributed by atoms with Crippen molar-refractivity contribution in [2.24, 2.45) is 0 Å². The van der Waals surface area contributed by atoms with Crippen LogP contribution in [0.3, 0.4) is 0 Å². The lowest BCUT2D eigenvalue weighted by Gasteiger charge is -1.96. The molecule has 0 bridgehead atoms. The molecule has 0 radical (unpaired) electrons. The van der Waals surface area contributed by atoms with Crippen LogP contribution < -0.4 is 4.18 Å². The Morgan fingerprint density at radius 3 is 2.56 bits per heavy atom. The molecule has 0 aliphatic heterocycles. The quantitative estimate of drug-likeness (QED) is 0.788. The maximum absolute atomic E-state index is 10.4. The standard InChI is InChI=1S/C9H8N2O4S/c12-16(13,14)15-9-10-6-8(11-9)7-4-2-1-3-5-7/h1-6H,(H,10,11)(H,12,13,14). The first-order valence-electron chi connectivity index (χ1n) is 4.32. The number of aromatic amines is 1. The molecule has 84 valence electrons. The summed E-state index contributed by atoms with van der Waals surface area (Å²) in [6, 6.07) is 8.89. The number of nitrogens with one attached hydrogen (secondary N) is 1. The van der Waals surface area contributed by atoms with Crippen molar-refractivity contribution in [3.05, 3.63) is 36.5 Å². The molecule has 1 heterocycles. The third-order valence-corrected chi connectivity index (χ3v) is 2.19. The van der Waals surface area contributed by atoms with Gasteiger partial charge in [-0.05, 0) is 5.56 Å². The maximum atomic E-state index is 10.4. The van der Waals surface area contributed by atoms with E-state index in [-0.39, 0.29) is 6.01 Å². The van der Waals surface area contributed by atoms with Gasteiger partial charge in [0.2, 0.25) is 0 Å². The Labute approximate surface area is 91.9 Å². The minimum absolute atomic E-state index is 0.277. The van der Waals surface area contributed by atoms with Crippen molar-refractivity contribution >= 4 is 10.4 Å². The van der Waals surface area contributed by atoms with Crippen LogP contribution in [-0.4, -0.2) is 22.9 Å². The van der Waals surface area contributed by atoms with Gasteiger partial charge in [-0.2, -0.15) is 8.42 Å². The van der Waals surface area contributed by atoms with Gasteiger partial charge in [0.05, 0.1) is 11.9 Å². The molecule has 1 aromatic heterocycles. The lowest BCUT2D eigenvalue weighted by Crippen LogP contribution is -2.07. The zero-order valence-corrected chi connectivity index (χ0v) is 8.81. The average Bonchev–Trinajstić information content (AvgIpc) is 2.65. The van der Waals surface area contributed by atoms with E-state index in [2.05, 4.69) is 14.2 Å². The minimum atomic E-state index is -4.54. The van der Waals surface area contributed by atoms with Gasteiger partial charge in [-0.25, -0.2) is 4.98 Å². The molecule has 2 rings (SSSR count). The van der Waals surface area contributed by atoms with Crippen molar-refractivity contribution < 1.29 is 17.2 Å². The molecule has 2 aromatic rings. The van der Waals surface area contributed by atoms with Crippen LogP contribution in [0.2, 0.25) is 0 Å². The summed E-state index contributed by atoms with van der Waals surface area (Å²) in [6.45, 7) is 0. The van der Waals surface area contributed by atoms with Gasteiger partial charge in [-0.15, -0.1) is 0 Å². The number of benzene rings is 1. The molecular formula is C9H8N2O4S.